The highest BCUT2D eigenvalue weighted by Gasteiger charge is 2.38. The minimum Gasteiger partial charge on any atom is -0.481 e. The molecule has 0 amide bonds. The molecule has 0 aromatic heterocycles. The van der Waals surface area contributed by atoms with E-state index >= 15 is 0 Å². The highest BCUT2D eigenvalue weighted by molar-refractivity contribution is 7.91. The Labute approximate surface area is 101 Å². The van der Waals surface area contributed by atoms with Gasteiger partial charge in [-0.25, -0.2) is 8.42 Å². The second-order valence-electron chi connectivity index (χ2n) is 4.98. The van der Waals surface area contributed by atoms with E-state index in [-0.39, 0.29) is 23.5 Å². The van der Waals surface area contributed by atoms with Crippen molar-refractivity contribution < 1.29 is 23.1 Å². The van der Waals surface area contributed by atoms with Crippen LogP contribution in [0.4, 0.5) is 0 Å². The molecular formula is C11H18O5S. The molecule has 0 aromatic rings. The molecule has 2 aliphatic heterocycles. The van der Waals surface area contributed by atoms with Crippen LogP contribution < -0.4 is 0 Å². The summed E-state index contributed by atoms with van der Waals surface area (Å²) in [6.45, 7) is 0.694. The summed E-state index contributed by atoms with van der Waals surface area (Å²) in [6, 6.07) is 0. The standard InChI is InChI=1S/C11H18O5S/c12-11(13)10(6-9-2-1-4-16-9)8-3-5-17(14,15)7-8/h8-10H,1-7H2,(H,12,13). The molecule has 2 aliphatic rings. The van der Waals surface area contributed by atoms with Crippen LogP contribution in [0.2, 0.25) is 0 Å². The Kier molecular flexibility index (Phi) is 3.73. The van der Waals surface area contributed by atoms with Crippen LogP contribution in [-0.2, 0) is 19.4 Å². The van der Waals surface area contributed by atoms with E-state index in [1.54, 1.807) is 0 Å². The number of carbonyl (C=O) groups is 1. The minimum absolute atomic E-state index is 0.000552. The fourth-order valence-electron chi connectivity index (χ4n) is 2.75. The van der Waals surface area contributed by atoms with Crippen LogP contribution in [0.25, 0.3) is 0 Å². The molecule has 0 aliphatic carbocycles. The normalized spacial score (nSPS) is 33.6. The first-order chi connectivity index (χ1) is 7.98. The van der Waals surface area contributed by atoms with Gasteiger partial charge in [-0.3, -0.25) is 4.79 Å². The first-order valence-corrected chi connectivity index (χ1v) is 7.85. The molecule has 17 heavy (non-hydrogen) atoms. The molecule has 3 unspecified atom stereocenters. The Balaban J connectivity index is 1.99. The van der Waals surface area contributed by atoms with Crippen molar-refractivity contribution in [3.8, 4) is 0 Å². The second-order valence-corrected chi connectivity index (χ2v) is 7.21. The molecule has 0 aromatic carbocycles. The van der Waals surface area contributed by atoms with Crippen LogP contribution in [0.5, 0.6) is 0 Å². The van der Waals surface area contributed by atoms with E-state index in [9.17, 15) is 18.3 Å². The van der Waals surface area contributed by atoms with Gasteiger partial charge in [-0.1, -0.05) is 0 Å². The number of hydrogen-bond acceptors (Lipinski definition) is 4. The highest BCUT2D eigenvalue weighted by Crippen LogP contribution is 2.31. The van der Waals surface area contributed by atoms with Gasteiger partial charge in [-0.2, -0.15) is 0 Å². The van der Waals surface area contributed by atoms with Crippen molar-refractivity contribution in [2.24, 2.45) is 11.8 Å². The van der Waals surface area contributed by atoms with Crippen LogP contribution in [0.1, 0.15) is 25.7 Å². The largest absolute Gasteiger partial charge is 0.481 e. The van der Waals surface area contributed by atoms with Crippen molar-refractivity contribution in [3.05, 3.63) is 0 Å². The molecular weight excluding hydrogens is 244 g/mol. The van der Waals surface area contributed by atoms with Gasteiger partial charge < -0.3 is 9.84 Å². The van der Waals surface area contributed by atoms with E-state index in [2.05, 4.69) is 0 Å². The lowest BCUT2D eigenvalue weighted by atomic mass is 9.86. The summed E-state index contributed by atoms with van der Waals surface area (Å²) < 4.78 is 28.2. The maximum Gasteiger partial charge on any atom is 0.306 e. The number of carboxylic acid groups (broad SMARTS) is 1. The SMILES string of the molecule is O=C(O)C(CC1CCCO1)C1CCS(=O)(=O)C1. The van der Waals surface area contributed by atoms with Gasteiger partial charge in [0.25, 0.3) is 0 Å². The lowest BCUT2D eigenvalue weighted by molar-refractivity contribution is -0.144. The third-order valence-electron chi connectivity index (χ3n) is 3.69. The maximum absolute atomic E-state index is 11.4. The molecule has 0 saturated carbocycles. The average Bonchev–Trinajstić information content (AvgIpc) is 2.83. The smallest absolute Gasteiger partial charge is 0.306 e. The van der Waals surface area contributed by atoms with E-state index in [0.29, 0.717) is 19.4 Å². The van der Waals surface area contributed by atoms with Crippen LogP contribution in [-0.4, -0.2) is 43.7 Å². The fourth-order valence-corrected chi connectivity index (χ4v) is 4.63. The molecule has 5 nitrogen and oxygen atoms in total. The van der Waals surface area contributed by atoms with E-state index in [4.69, 9.17) is 4.74 Å². The first-order valence-electron chi connectivity index (χ1n) is 6.03. The van der Waals surface area contributed by atoms with E-state index < -0.39 is 21.7 Å². The minimum atomic E-state index is -3.01. The highest BCUT2D eigenvalue weighted by atomic mass is 32.2. The quantitative estimate of drug-likeness (QED) is 0.806. The fraction of sp³-hybridized carbons (Fsp3) is 0.909. The zero-order valence-corrected chi connectivity index (χ0v) is 10.5. The molecule has 2 rings (SSSR count). The molecule has 6 heteroatoms. The Morgan fingerprint density at radius 3 is 2.65 bits per heavy atom. The van der Waals surface area contributed by atoms with Crippen molar-refractivity contribution in [3.63, 3.8) is 0 Å². The summed E-state index contributed by atoms with van der Waals surface area (Å²) in [5, 5.41) is 9.21. The van der Waals surface area contributed by atoms with E-state index in [0.717, 1.165) is 12.8 Å². The molecule has 2 fully saturated rings. The number of aliphatic carboxylic acids is 1. The molecule has 0 spiro atoms. The summed E-state index contributed by atoms with van der Waals surface area (Å²) in [7, 11) is -3.01. The maximum atomic E-state index is 11.4. The van der Waals surface area contributed by atoms with Crippen LogP contribution in [0.3, 0.4) is 0 Å². The summed E-state index contributed by atoms with van der Waals surface area (Å²) >= 11 is 0. The Morgan fingerprint density at radius 1 is 1.41 bits per heavy atom. The zero-order chi connectivity index (χ0) is 12.5. The van der Waals surface area contributed by atoms with Crippen molar-refractivity contribution in [2.45, 2.75) is 31.8 Å². The van der Waals surface area contributed by atoms with Crippen LogP contribution in [0, 0.1) is 11.8 Å². The summed E-state index contributed by atoms with van der Waals surface area (Å²) in [5.74, 6) is -1.54. The van der Waals surface area contributed by atoms with Crippen molar-refractivity contribution >= 4 is 15.8 Å². The third-order valence-corrected chi connectivity index (χ3v) is 5.49. The number of ether oxygens (including phenoxy) is 1. The van der Waals surface area contributed by atoms with Gasteiger partial charge in [0.15, 0.2) is 9.84 Å². The van der Waals surface area contributed by atoms with Gasteiger partial charge >= 0.3 is 5.97 Å². The van der Waals surface area contributed by atoms with Gasteiger partial charge in [0, 0.05) is 6.61 Å². The number of carboxylic acids is 1. The molecule has 98 valence electrons. The second kappa shape index (κ2) is 4.94. The van der Waals surface area contributed by atoms with Crippen molar-refractivity contribution in [1.29, 1.82) is 0 Å². The Bertz CT molecular complexity index is 383. The predicted octanol–water partition coefficient (Wildman–Crippen LogP) is 0.691. The van der Waals surface area contributed by atoms with Gasteiger partial charge in [0.05, 0.1) is 23.5 Å². The number of hydrogen-bond donors (Lipinski definition) is 1. The van der Waals surface area contributed by atoms with Crippen molar-refractivity contribution in [1.82, 2.24) is 0 Å². The number of rotatable bonds is 4. The first kappa shape index (κ1) is 12.8. The van der Waals surface area contributed by atoms with Crippen molar-refractivity contribution in [2.75, 3.05) is 18.1 Å². The predicted molar refractivity (Wildman–Crippen MR) is 61.5 cm³/mol. The van der Waals surface area contributed by atoms with Crippen LogP contribution >= 0.6 is 0 Å². The van der Waals surface area contributed by atoms with Gasteiger partial charge in [-0.05, 0) is 31.6 Å². The van der Waals surface area contributed by atoms with Crippen LogP contribution in [0.15, 0.2) is 0 Å². The summed E-state index contributed by atoms with van der Waals surface area (Å²) in [5.41, 5.74) is 0. The zero-order valence-electron chi connectivity index (χ0n) is 9.67. The molecule has 3 atom stereocenters. The van der Waals surface area contributed by atoms with Gasteiger partial charge in [0.1, 0.15) is 0 Å². The molecule has 0 radical (unpaired) electrons. The Hall–Kier alpha value is -0.620. The van der Waals surface area contributed by atoms with Gasteiger partial charge in [-0.15, -0.1) is 0 Å². The lowest BCUT2D eigenvalue weighted by Gasteiger charge is -2.21. The lowest BCUT2D eigenvalue weighted by Crippen LogP contribution is -2.28. The molecule has 1 N–H and O–H groups in total. The number of sulfone groups is 1. The third kappa shape index (κ3) is 3.19. The summed E-state index contributed by atoms with van der Waals surface area (Å²) in [4.78, 5) is 11.2. The molecule has 0 bridgehead atoms. The van der Waals surface area contributed by atoms with E-state index in [1.165, 1.54) is 0 Å². The monoisotopic (exact) mass is 262 g/mol. The summed E-state index contributed by atoms with van der Waals surface area (Å²) in [6.07, 6.45) is 2.80. The van der Waals surface area contributed by atoms with E-state index in [1.807, 2.05) is 0 Å². The molecule has 2 saturated heterocycles. The van der Waals surface area contributed by atoms with Gasteiger partial charge in [0.2, 0.25) is 0 Å². The molecule has 2 heterocycles. The Morgan fingerprint density at radius 2 is 2.18 bits per heavy atom. The average molecular weight is 262 g/mol. The topological polar surface area (TPSA) is 80.7 Å².